The van der Waals surface area contributed by atoms with Crippen molar-refractivity contribution in [3.05, 3.63) is 0 Å². The van der Waals surface area contributed by atoms with Crippen LogP contribution in [-0.2, 0) is 4.84 Å². The average molecular weight is 146 g/mol. The fourth-order valence-electron chi connectivity index (χ4n) is 0.512. The van der Waals surface area contributed by atoms with E-state index in [-0.39, 0.29) is 0 Å². The molecule has 0 heterocycles. The number of rotatable bonds is 4. The number of nitrogens with two attached hydrogens (primary N) is 1. The molecule has 60 valence electrons. The minimum Gasteiger partial charge on any atom is -0.350 e. The minimum atomic E-state index is -0.532. The van der Waals surface area contributed by atoms with Gasteiger partial charge in [0.25, 0.3) is 0 Å². The smallest absolute Gasteiger partial charge is 0.338 e. The molecular weight excluding hydrogens is 132 g/mol. The van der Waals surface area contributed by atoms with Crippen LogP contribution in [0.4, 0.5) is 4.79 Å². The monoisotopic (exact) mass is 146 g/mol. The summed E-state index contributed by atoms with van der Waals surface area (Å²) in [5, 5.41) is 1.14. The van der Waals surface area contributed by atoms with Gasteiger partial charge in [-0.3, -0.25) is 4.84 Å². The van der Waals surface area contributed by atoms with Gasteiger partial charge in [-0.15, -0.1) is 0 Å². The third kappa shape index (κ3) is 3.29. The molecule has 2 amide bonds. The Morgan fingerprint density at radius 1 is 1.60 bits per heavy atom. The molecule has 0 saturated carbocycles. The summed E-state index contributed by atoms with van der Waals surface area (Å²) in [6.07, 6.45) is 0.879. The number of hydroxylamine groups is 2. The number of carbonyl (C=O) groups excluding carboxylic acids is 1. The van der Waals surface area contributed by atoms with Gasteiger partial charge in [0, 0.05) is 6.54 Å². The lowest BCUT2D eigenvalue weighted by Gasteiger charge is -2.16. The standard InChI is InChI=1S/C6H14N2O2/c1-3-5-10-8(4-2)6(7)9/h3-5H2,1-2H3,(H2,7,9). The Morgan fingerprint density at radius 2 is 2.20 bits per heavy atom. The third-order valence-corrected chi connectivity index (χ3v) is 0.984. The lowest BCUT2D eigenvalue weighted by molar-refractivity contribution is -0.111. The van der Waals surface area contributed by atoms with E-state index in [1.807, 2.05) is 6.92 Å². The number of nitrogens with zero attached hydrogens (tertiary/aromatic N) is 1. The molecule has 0 aromatic heterocycles. The number of hydrogen-bond donors (Lipinski definition) is 1. The molecule has 0 spiro atoms. The second-order valence-electron chi connectivity index (χ2n) is 1.87. The number of carbonyl (C=O) groups is 1. The van der Waals surface area contributed by atoms with Gasteiger partial charge in [0.05, 0.1) is 6.61 Å². The molecule has 0 aromatic carbocycles. The van der Waals surface area contributed by atoms with Crippen LogP contribution in [0.25, 0.3) is 0 Å². The Bertz CT molecular complexity index is 106. The summed E-state index contributed by atoms with van der Waals surface area (Å²) in [5.41, 5.74) is 4.95. The van der Waals surface area contributed by atoms with Crippen LogP contribution in [-0.4, -0.2) is 24.2 Å². The van der Waals surface area contributed by atoms with Crippen LogP contribution in [0.5, 0.6) is 0 Å². The van der Waals surface area contributed by atoms with Gasteiger partial charge in [-0.25, -0.2) is 9.86 Å². The molecule has 4 heteroatoms. The van der Waals surface area contributed by atoms with E-state index in [1.54, 1.807) is 6.92 Å². The highest BCUT2D eigenvalue weighted by Gasteiger charge is 2.04. The van der Waals surface area contributed by atoms with Crippen molar-refractivity contribution in [3.8, 4) is 0 Å². The maximum atomic E-state index is 10.5. The van der Waals surface area contributed by atoms with Crippen molar-refractivity contribution < 1.29 is 9.63 Å². The SMILES string of the molecule is CCCON(CC)C(N)=O. The van der Waals surface area contributed by atoms with Crippen molar-refractivity contribution in [3.63, 3.8) is 0 Å². The normalized spacial score (nSPS) is 9.40. The number of urea groups is 1. The maximum absolute atomic E-state index is 10.5. The van der Waals surface area contributed by atoms with Gasteiger partial charge < -0.3 is 5.73 Å². The largest absolute Gasteiger partial charge is 0.350 e. The molecule has 0 atom stereocenters. The Morgan fingerprint density at radius 3 is 2.50 bits per heavy atom. The highest BCUT2D eigenvalue weighted by molar-refractivity contribution is 5.70. The zero-order valence-corrected chi connectivity index (χ0v) is 6.46. The molecule has 10 heavy (non-hydrogen) atoms. The summed E-state index contributed by atoms with van der Waals surface area (Å²) in [6.45, 7) is 4.81. The first-order valence-electron chi connectivity index (χ1n) is 3.42. The van der Waals surface area contributed by atoms with Crippen LogP contribution in [0.3, 0.4) is 0 Å². The zero-order chi connectivity index (χ0) is 7.98. The van der Waals surface area contributed by atoms with Crippen molar-refractivity contribution in [2.24, 2.45) is 5.73 Å². The van der Waals surface area contributed by atoms with E-state index in [9.17, 15) is 4.79 Å². The molecule has 0 saturated heterocycles. The summed E-state index contributed by atoms with van der Waals surface area (Å²) in [5.74, 6) is 0. The van der Waals surface area contributed by atoms with E-state index in [0.717, 1.165) is 11.5 Å². The van der Waals surface area contributed by atoms with Gasteiger partial charge in [-0.1, -0.05) is 6.92 Å². The predicted molar refractivity (Wildman–Crippen MR) is 38.2 cm³/mol. The van der Waals surface area contributed by atoms with Gasteiger partial charge in [0.15, 0.2) is 0 Å². The van der Waals surface area contributed by atoms with Crippen LogP contribution >= 0.6 is 0 Å². The first-order chi connectivity index (χ1) is 4.72. The number of hydrogen-bond acceptors (Lipinski definition) is 2. The lowest BCUT2D eigenvalue weighted by atomic mass is 10.5. The summed E-state index contributed by atoms with van der Waals surface area (Å²) >= 11 is 0. The number of amides is 2. The van der Waals surface area contributed by atoms with E-state index in [1.165, 1.54) is 0 Å². The Kier molecular flexibility index (Phi) is 4.66. The van der Waals surface area contributed by atoms with Crippen molar-refractivity contribution in [2.45, 2.75) is 20.3 Å². The molecule has 0 radical (unpaired) electrons. The maximum Gasteiger partial charge on any atom is 0.338 e. The molecule has 0 aliphatic carbocycles. The van der Waals surface area contributed by atoms with Crippen molar-refractivity contribution >= 4 is 6.03 Å². The predicted octanol–water partition coefficient (Wildman–Crippen LogP) is 0.729. The summed E-state index contributed by atoms with van der Waals surface area (Å²) < 4.78 is 0. The quantitative estimate of drug-likeness (QED) is 0.594. The Balaban J connectivity index is 3.50. The molecule has 0 aliphatic heterocycles. The Hall–Kier alpha value is -0.770. The van der Waals surface area contributed by atoms with Crippen molar-refractivity contribution in [1.29, 1.82) is 0 Å². The fourth-order valence-corrected chi connectivity index (χ4v) is 0.512. The van der Waals surface area contributed by atoms with Gasteiger partial charge in [0.1, 0.15) is 0 Å². The third-order valence-electron chi connectivity index (χ3n) is 0.984. The van der Waals surface area contributed by atoms with Gasteiger partial charge in [-0.05, 0) is 13.3 Å². The van der Waals surface area contributed by atoms with E-state index in [4.69, 9.17) is 10.6 Å². The van der Waals surface area contributed by atoms with Crippen LogP contribution in [0, 0.1) is 0 Å². The van der Waals surface area contributed by atoms with Crippen LogP contribution < -0.4 is 5.73 Å². The fraction of sp³-hybridized carbons (Fsp3) is 0.833. The molecule has 0 fully saturated rings. The van der Waals surface area contributed by atoms with Gasteiger partial charge in [-0.2, -0.15) is 0 Å². The minimum absolute atomic E-state index is 0.495. The molecule has 0 aromatic rings. The molecule has 0 aliphatic rings. The molecule has 0 unspecified atom stereocenters. The number of primary amides is 1. The van der Waals surface area contributed by atoms with Crippen LogP contribution in [0.15, 0.2) is 0 Å². The van der Waals surface area contributed by atoms with E-state index >= 15 is 0 Å². The molecule has 0 bridgehead atoms. The van der Waals surface area contributed by atoms with Gasteiger partial charge >= 0.3 is 6.03 Å². The molecular formula is C6H14N2O2. The first kappa shape index (κ1) is 9.23. The average Bonchev–Trinajstić information content (AvgIpc) is 1.89. The summed E-state index contributed by atoms with van der Waals surface area (Å²) in [6, 6.07) is -0.532. The first-order valence-corrected chi connectivity index (χ1v) is 3.42. The van der Waals surface area contributed by atoms with Crippen molar-refractivity contribution in [2.75, 3.05) is 13.2 Å². The summed E-state index contributed by atoms with van der Waals surface area (Å²) in [4.78, 5) is 15.4. The molecule has 2 N–H and O–H groups in total. The zero-order valence-electron chi connectivity index (χ0n) is 6.46. The second-order valence-corrected chi connectivity index (χ2v) is 1.87. The van der Waals surface area contributed by atoms with E-state index < -0.39 is 6.03 Å². The van der Waals surface area contributed by atoms with Gasteiger partial charge in [0.2, 0.25) is 0 Å². The lowest BCUT2D eigenvalue weighted by Crippen LogP contribution is -2.35. The van der Waals surface area contributed by atoms with Crippen LogP contribution in [0.1, 0.15) is 20.3 Å². The summed E-state index contributed by atoms with van der Waals surface area (Å²) in [7, 11) is 0. The van der Waals surface area contributed by atoms with Crippen LogP contribution in [0.2, 0.25) is 0 Å². The Labute approximate surface area is 60.9 Å². The van der Waals surface area contributed by atoms with E-state index in [0.29, 0.717) is 13.2 Å². The molecule has 4 nitrogen and oxygen atoms in total. The second kappa shape index (κ2) is 5.05. The van der Waals surface area contributed by atoms with E-state index in [2.05, 4.69) is 0 Å². The molecule has 0 rings (SSSR count). The highest BCUT2D eigenvalue weighted by atomic mass is 16.7. The van der Waals surface area contributed by atoms with Crippen molar-refractivity contribution in [1.82, 2.24) is 5.06 Å². The topological polar surface area (TPSA) is 55.6 Å². The highest BCUT2D eigenvalue weighted by Crippen LogP contribution is 1.89.